The molecule has 2 aromatic carbocycles. The lowest BCUT2D eigenvalue weighted by molar-refractivity contribution is 0.0938. The van der Waals surface area contributed by atoms with Gasteiger partial charge in [-0.1, -0.05) is 42.5 Å². The van der Waals surface area contributed by atoms with Crippen molar-refractivity contribution in [2.45, 2.75) is 12.6 Å². The lowest BCUT2D eigenvalue weighted by atomic mass is 10.0. The molecule has 1 amide bonds. The molecule has 1 aliphatic heterocycles. The molecule has 33 heavy (non-hydrogen) atoms. The zero-order valence-corrected chi connectivity index (χ0v) is 18.3. The van der Waals surface area contributed by atoms with Crippen LogP contribution in [0.1, 0.15) is 33.5 Å². The number of nitrogens with zero attached hydrogens (tertiary/aromatic N) is 4. The standard InChI is InChI=1S/C24H26FN5O3/c1-29-11-13-30(14-12-29)20(17-5-3-2-4-6-17)22-27-19(21(31)24(33)28-22)23(32)26-15-16-7-9-18(25)10-8-16/h2-10,20,31H,11-15H2,1H3,(H,26,32)(H,27,28,33). The Morgan fingerprint density at radius 1 is 1.03 bits per heavy atom. The van der Waals surface area contributed by atoms with Gasteiger partial charge in [-0.2, -0.15) is 4.98 Å². The fraction of sp³-hybridized carbons (Fsp3) is 0.292. The number of amides is 1. The summed E-state index contributed by atoms with van der Waals surface area (Å²) in [5.41, 5.74) is 1.29. The summed E-state index contributed by atoms with van der Waals surface area (Å²) in [6, 6.07) is 14.9. The van der Waals surface area contributed by atoms with Crippen LogP contribution in [0.5, 0.6) is 11.6 Å². The van der Waals surface area contributed by atoms with Crippen LogP contribution in [0.3, 0.4) is 0 Å². The van der Waals surface area contributed by atoms with Gasteiger partial charge in [0.2, 0.25) is 5.75 Å². The molecule has 172 valence electrons. The number of piperazine rings is 1. The van der Waals surface area contributed by atoms with E-state index in [0.29, 0.717) is 5.56 Å². The Labute approximate surface area is 191 Å². The molecule has 0 radical (unpaired) electrons. The van der Waals surface area contributed by atoms with E-state index in [1.54, 1.807) is 12.1 Å². The number of carbonyl (C=O) groups is 1. The second-order valence-electron chi connectivity index (χ2n) is 8.06. The van der Waals surface area contributed by atoms with E-state index in [4.69, 9.17) is 0 Å². The summed E-state index contributed by atoms with van der Waals surface area (Å²) in [5, 5.41) is 23.3. The number of aromatic nitrogens is 2. The number of benzene rings is 2. The Kier molecular flexibility index (Phi) is 6.81. The smallest absolute Gasteiger partial charge is 0.274 e. The maximum absolute atomic E-state index is 13.1. The van der Waals surface area contributed by atoms with E-state index >= 15 is 0 Å². The van der Waals surface area contributed by atoms with Crippen molar-refractivity contribution < 1.29 is 19.4 Å². The lowest BCUT2D eigenvalue weighted by Gasteiger charge is -2.37. The first kappa shape index (κ1) is 22.6. The summed E-state index contributed by atoms with van der Waals surface area (Å²) in [6.45, 7) is 3.34. The highest BCUT2D eigenvalue weighted by Gasteiger charge is 2.30. The fourth-order valence-corrected chi connectivity index (χ4v) is 3.85. The number of hydrogen-bond acceptors (Lipinski definition) is 7. The van der Waals surface area contributed by atoms with Crippen LogP contribution >= 0.6 is 0 Å². The third-order valence-electron chi connectivity index (χ3n) is 5.73. The molecule has 4 rings (SSSR count). The average Bonchev–Trinajstić information content (AvgIpc) is 2.83. The lowest BCUT2D eigenvalue weighted by Crippen LogP contribution is -2.46. The highest BCUT2D eigenvalue weighted by molar-refractivity contribution is 5.95. The molecule has 1 atom stereocenters. The Balaban J connectivity index is 1.64. The molecular formula is C24H26FN5O3. The summed E-state index contributed by atoms with van der Waals surface area (Å²) in [4.78, 5) is 25.8. The molecule has 3 aromatic rings. The van der Waals surface area contributed by atoms with E-state index < -0.39 is 23.6 Å². The Morgan fingerprint density at radius 3 is 2.36 bits per heavy atom. The van der Waals surface area contributed by atoms with Crippen LogP contribution in [0.15, 0.2) is 54.6 Å². The van der Waals surface area contributed by atoms with Gasteiger partial charge < -0.3 is 20.4 Å². The van der Waals surface area contributed by atoms with Crippen LogP contribution in [0.2, 0.25) is 0 Å². The van der Waals surface area contributed by atoms with Crippen molar-refractivity contribution in [2.75, 3.05) is 33.2 Å². The zero-order valence-electron chi connectivity index (χ0n) is 18.3. The zero-order chi connectivity index (χ0) is 23.4. The predicted molar refractivity (Wildman–Crippen MR) is 120 cm³/mol. The van der Waals surface area contributed by atoms with Crippen LogP contribution < -0.4 is 5.32 Å². The Bertz CT molecular complexity index is 1100. The summed E-state index contributed by atoms with van der Waals surface area (Å²) in [7, 11) is 2.06. The maximum Gasteiger partial charge on any atom is 0.274 e. The van der Waals surface area contributed by atoms with Crippen molar-refractivity contribution >= 4 is 5.91 Å². The first-order valence-corrected chi connectivity index (χ1v) is 10.7. The van der Waals surface area contributed by atoms with Crippen LogP contribution in [0.4, 0.5) is 4.39 Å². The summed E-state index contributed by atoms with van der Waals surface area (Å²) >= 11 is 0. The second-order valence-corrected chi connectivity index (χ2v) is 8.06. The average molecular weight is 452 g/mol. The van der Waals surface area contributed by atoms with E-state index in [9.17, 15) is 19.4 Å². The largest absolute Gasteiger partial charge is 0.501 e. The van der Waals surface area contributed by atoms with Gasteiger partial charge in [-0.3, -0.25) is 9.69 Å². The van der Waals surface area contributed by atoms with Crippen molar-refractivity contribution in [1.82, 2.24) is 25.1 Å². The summed E-state index contributed by atoms with van der Waals surface area (Å²) in [5.74, 6) is -2.14. The number of halogens is 1. The first-order chi connectivity index (χ1) is 15.9. The molecule has 2 heterocycles. The SMILES string of the molecule is CN1CCN(C(c2ccccc2)c2nc(O)c(O)c(C(=O)NCc3ccc(F)cc3)n2)CC1. The van der Waals surface area contributed by atoms with E-state index in [0.717, 1.165) is 31.7 Å². The molecule has 1 fully saturated rings. The van der Waals surface area contributed by atoms with Crippen LogP contribution in [-0.2, 0) is 6.54 Å². The van der Waals surface area contributed by atoms with Crippen molar-refractivity contribution in [3.8, 4) is 11.6 Å². The van der Waals surface area contributed by atoms with Gasteiger partial charge in [0.25, 0.3) is 11.8 Å². The molecule has 1 unspecified atom stereocenters. The van der Waals surface area contributed by atoms with Crippen LogP contribution in [-0.4, -0.2) is 69.1 Å². The van der Waals surface area contributed by atoms with Gasteiger partial charge in [-0.05, 0) is 30.3 Å². The molecule has 1 saturated heterocycles. The maximum atomic E-state index is 13.1. The second kappa shape index (κ2) is 9.93. The van der Waals surface area contributed by atoms with Gasteiger partial charge in [0, 0.05) is 32.7 Å². The van der Waals surface area contributed by atoms with Gasteiger partial charge in [0.15, 0.2) is 11.5 Å². The molecule has 0 saturated carbocycles. The van der Waals surface area contributed by atoms with E-state index in [-0.39, 0.29) is 23.9 Å². The van der Waals surface area contributed by atoms with Gasteiger partial charge in [-0.15, -0.1) is 0 Å². The van der Waals surface area contributed by atoms with Crippen molar-refractivity contribution in [3.05, 3.63) is 83.1 Å². The highest BCUT2D eigenvalue weighted by Crippen LogP contribution is 2.32. The van der Waals surface area contributed by atoms with E-state index in [1.807, 2.05) is 30.3 Å². The summed E-state index contributed by atoms with van der Waals surface area (Å²) in [6.07, 6.45) is 0. The molecule has 1 aromatic heterocycles. The number of aromatic hydroxyl groups is 2. The number of likely N-dealkylation sites (N-methyl/N-ethyl adjacent to an activating group) is 1. The molecule has 9 heteroatoms. The van der Waals surface area contributed by atoms with Gasteiger partial charge in [-0.25, -0.2) is 9.37 Å². The normalized spacial score (nSPS) is 15.8. The van der Waals surface area contributed by atoms with Crippen LogP contribution in [0.25, 0.3) is 0 Å². The fourth-order valence-electron chi connectivity index (χ4n) is 3.85. The minimum Gasteiger partial charge on any atom is -0.501 e. The van der Waals surface area contributed by atoms with Crippen molar-refractivity contribution in [1.29, 1.82) is 0 Å². The molecule has 0 aliphatic carbocycles. The Morgan fingerprint density at radius 2 is 1.70 bits per heavy atom. The third kappa shape index (κ3) is 5.27. The van der Waals surface area contributed by atoms with Gasteiger partial charge >= 0.3 is 0 Å². The molecule has 3 N–H and O–H groups in total. The summed E-state index contributed by atoms with van der Waals surface area (Å²) < 4.78 is 13.1. The van der Waals surface area contributed by atoms with Gasteiger partial charge in [0.05, 0.1) is 6.04 Å². The molecule has 1 aliphatic rings. The van der Waals surface area contributed by atoms with Crippen molar-refractivity contribution in [3.63, 3.8) is 0 Å². The minimum atomic E-state index is -0.680. The topological polar surface area (TPSA) is 102 Å². The predicted octanol–water partition coefficient (Wildman–Crippen LogP) is 2.29. The van der Waals surface area contributed by atoms with E-state index in [2.05, 4.69) is 32.1 Å². The highest BCUT2D eigenvalue weighted by atomic mass is 19.1. The monoisotopic (exact) mass is 451 g/mol. The molecule has 8 nitrogen and oxygen atoms in total. The van der Waals surface area contributed by atoms with Crippen LogP contribution in [0, 0.1) is 5.82 Å². The van der Waals surface area contributed by atoms with E-state index in [1.165, 1.54) is 12.1 Å². The number of hydrogen-bond donors (Lipinski definition) is 3. The molecule has 0 spiro atoms. The van der Waals surface area contributed by atoms with Gasteiger partial charge in [0.1, 0.15) is 5.82 Å². The molecule has 0 bridgehead atoms. The Hall–Kier alpha value is -3.56. The number of carbonyl (C=O) groups excluding carboxylic acids is 1. The minimum absolute atomic E-state index is 0.110. The third-order valence-corrected chi connectivity index (χ3v) is 5.73. The quantitative estimate of drug-likeness (QED) is 0.529. The number of nitrogens with one attached hydrogen (secondary N) is 1. The molecular weight excluding hydrogens is 425 g/mol. The first-order valence-electron chi connectivity index (χ1n) is 10.7. The number of rotatable bonds is 6. The van der Waals surface area contributed by atoms with Crippen molar-refractivity contribution in [2.24, 2.45) is 0 Å².